The molecule has 0 aliphatic rings. The average molecular weight is 592 g/mol. The molecule has 0 saturated heterocycles. The zero-order valence-corrected chi connectivity index (χ0v) is 24.0. The number of nitrogens with zero attached hydrogens (tertiary/aromatic N) is 2. The molecule has 3 amide bonds. The number of nitrogens with one attached hydrogen (secondary N) is 6. The zero-order chi connectivity index (χ0) is 30.9. The zero-order valence-electron chi connectivity index (χ0n) is 24.0. The maximum Gasteiger partial charge on any atom is 0.326 e. The minimum atomic E-state index is -1.26. The van der Waals surface area contributed by atoms with E-state index in [2.05, 4.69) is 40.9 Å². The summed E-state index contributed by atoms with van der Waals surface area (Å²) in [5.74, 6) is -3.02. The highest BCUT2D eigenvalue weighted by molar-refractivity contribution is 5.94. The molecule has 1 aromatic carbocycles. The third-order valence-corrected chi connectivity index (χ3v) is 7.00. The van der Waals surface area contributed by atoms with Crippen molar-refractivity contribution in [1.82, 2.24) is 40.9 Å². The second-order valence-corrected chi connectivity index (χ2v) is 10.9. The lowest BCUT2D eigenvalue weighted by Gasteiger charge is -2.26. The number of aromatic amines is 3. The maximum atomic E-state index is 13.5. The Morgan fingerprint density at radius 1 is 0.814 bits per heavy atom. The molecule has 4 aromatic rings. The van der Waals surface area contributed by atoms with Gasteiger partial charge in [0.15, 0.2) is 0 Å². The van der Waals surface area contributed by atoms with Crippen LogP contribution in [0.15, 0.2) is 55.5 Å². The minimum absolute atomic E-state index is 0.0126. The van der Waals surface area contributed by atoms with Gasteiger partial charge in [-0.15, -0.1) is 0 Å². The molecule has 3 heterocycles. The van der Waals surface area contributed by atoms with E-state index in [4.69, 9.17) is 5.73 Å². The van der Waals surface area contributed by atoms with Crippen molar-refractivity contribution in [3.05, 3.63) is 72.5 Å². The largest absolute Gasteiger partial charge is 0.480 e. The molecule has 43 heavy (non-hydrogen) atoms. The molecule has 228 valence electrons. The number of nitrogens with two attached hydrogens (primary N) is 1. The van der Waals surface area contributed by atoms with Crippen molar-refractivity contribution < 1.29 is 24.3 Å². The number of H-pyrrole nitrogens is 3. The first kappa shape index (κ1) is 31.0. The van der Waals surface area contributed by atoms with Crippen LogP contribution in [0.25, 0.3) is 10.9 Å². The van der Waals surface area contributed by atoms with Crippen molar-refractivity contribution in [1.29, 1.82) is 0 Å². The van der Waals surface area contributed by atoms with Gasteiger partial charge in [-0.05, 0) is 24.0 Å². The fourth-order valence-electron chi connectivity index (χ4n) is 4.80. The molecule has 4 unspecified atom stereocenters. The average Bonchev–Trinajstić information content (AvgIpc) is 3.75. The van der Waals surface area contributed by atoms with Gasteiger partial charge in [-0.25, -0.2) is 14.8 Å². The van der Waals surface area contributed by atoms with Crippen LogP contribution in [-0.2, 0) is 38.4 Å². The summed E-state index contributed by atoms with van der Waals surface area (Å²) in [5.41, 5.74) is 8.87. The molecule has 4 rings (SSSR count). The van der Waals surface area contributed by atoms with Crippen LogP contribution in [0.2, 0.25) is 0 Å². The number of carbonyl (C=O) groups excluding carboxylic acids is 3. The number of carboxylic acid groups (broad SMARTS) is 1. The highest BCUT2D eigenvalue weighted by atomic mass is 16.4. The number of rotatable bonds is 15. The molecule has 14 heteroatoms. The molecule has 0 bridgehead atoms. The van der Waals surface area contributed by atoms with Gasteiger partial charge >= 0.3 is 5.97 Å². The number of imidazole rings is 2. The van der Waals surface area contributed by atoms with Gasteiger partial charge in [0.05, 0.1) is 18.7 Å². The second kappa shape index (κ2) is 14.3. The fraction of sp³-hybridized carbons (Fsp3) is 0.379. The highest BCUT2D eigenvalue weighted by Gasteiger charge is 2.31. The van der Waals surface area contributed by atoms with Crippen LogP contribution in [0.1, 0.15) is 37.2 Å². The minimum Gasteiger partial charge on any atom is -0.480 e. The van der Waals surface area contributed by atoms with Crippen molar-refractivity contribution in [2.24, 2.45) is 11.7 Å². The van der Waals surface area contributed by atoms with Crippen molar-refractivity contribution in [3.8, 4) is 0 Å². The molecule has 0 saturated carbocycles. The van der Waals surface area contributed by atoms with Gasteiger partial charge in [0.1, 0.15) is 18.1 Å². The molecule has 14 nitrogen and oxygen atoms in total. The third kappa shape index (κ3) is 8.52. The lowest BCUT2D eigenvalue weighted by Crippen LogP contribution is -2.58. The lowest BCUT2D eigenvalue weighted by atomic mass is 10.0. The summed E-state index contributed by atoms with van der Waals surface area (Å²) in [5, 5.41) is 18.8. The maximum absolute atomic E-state index is 13.5. The van der Waals surface area contributed by atoms with Crippen molar-refractivity contribution in [2.75, 3.05) is 0 Å². The molecule has 3 aromatic heterocycles. The summed E-state index contributed by atoms with van der Waals surface area (Å²) in [4.78, 5) is 68.9. The molecule has 0 spiro atoms. The van der Waals surface area contributed by atoms with Gasteiger partial charge in [0.25, 0.3) is 0 Å². The molecular weight excluding hydrogens is 554 g/mol. The van der Waals surface area contributed by atoms with E-state index in [1.54, 1.807) is 12.4 Å². The van der Waals surface area contributed by atoms with Gasteiger partial charge in [-0.1, -0.05) is 32.0 Å². The van der Waals surface area contributed by atoms with Crippen LogP contribution in [-0.4, -0.2) is 77.9 Å². The molecule has 0 aliphatic heterocycles. The van der Waals surface area contributed by atoms with E-state index < -0.39 is 47.9 Å². The van der Waals surface area contributed by atoms with Crippen LogP contribution in [0.5, 0.6) is 0 Å². The first-order valence-electron chi connectivity index (χ1n) is 14.0. The van der Waals surface area contributed by atoms with Crippen LogP contribution >= 0.6 is 0 Å². The van der Waals surface area contributed by atoms with Gasteiger partial charge in [-0.3, -0.25) is 14.4 Å². The Labute approximate surface area is 247 Å². The van der Waals surface area contributed by atoms with Gasteiger partial charge in [0, 0.05) is 60.1 Å². The summed E-state index contributed by atoms with van der Waals surface area (Å²) in [6, 6.07) is 3.10. The fourth-order valence-corrected chi connectivity index (χ4v) is 4.80. The Hall–Kier alpha value is -4.98. The van der Waals surface area contributed by atoms with Crippen LogP contribution < -0.4 is 21.7 Å². The highest BCUT2D eigenvalue weighted by Crippen LogP contribution is 2.19. The SMILES string of the molecule is CC(C)CC(NC(=O)C(N)Cc1cnc[nH]1)C(=O)NC(Cc1cnc[nH]1)C(=O)NC(Cc1c[nH]c2ccccc12)C(=O)O. The summed E-state index contributed by atoms with van der Waals surface area (Å²) in [6.45, 7) is 3.79. The predicted octanol–water partition coefficient (Wildman–Crippen LogP) is 0.554. The predicted molar refractivity (Wildman–Crippen MR) is 157 cm³/mol. The van der Waals surface area contributed by atoms with Crippen LogP contribution in [0.3, 0.4) is 0 Å². The van der Waals surface area contributed by atoms with Gasteiger partial charge < -0.3 is 41.7 Å². The number of carboxylic acids is 1. The van der Waals surface area contributed by atoms with Crippen molar-refractivity contribution in [3.63, 3.8) is 0 Å². The number of para-hydroxylation sites is 1. The summed E-state index contributed by atoms with van der Waals surface area (Å²) in [6.07, 6.45) is 8.22. The molecule has 0 aliphatic carbocycles. The number of hydrogen-bond donors (Lipinski definition) is 8. The lowest BCUT2D eigenvalue weighted by molar-refractivity contribution is -0.142. The number of benzene rings is 1. The summed E-state index contributed by atoms with van der Waals surface area (Å²) < 4.78 is 0. The standard InChI is InChI=1S/C29H37N9O5/c1-16(2)7-23(36-26(39)21(30)9-18-12-31-14-34-18)27(40)37-24(10-19-13-32-15-35-19)28(41)38-25(29(42)43)8-17-11-33-22-6-4-3-5-20(17)22/h3-6,11-16,21,23-25,33H,7-10,30H2,1-2H3,(H,31,34)(H,32,35)(H,36,39)(H,37,40)(H,38,41)(H,42,43). The van der Waals surface area contributed by atoms with E-state index in [1.165, 1.54) is 18.9 Å². The third-order valence-electron chi connectivity index (χ3n) is 7.00. The number of aliphatic carboxylic acids is 1. The number of amides is 3. The van der Waals surface area contributed by atoms with E-state index in [9.17, 15) is 24.3 Å². The monoisotopic (exact) mass is 591 g/mol. The van der Waals surface area contributed by atoms with E-state index in [-0.39, 0.29) is 31.6 Å². The number of hydrogen-bond acceptors (Lipinski definition) is 7. The molecule has 4 atom stereocenters. The van der Waals surface area contributed by atoms with E-state index in [0.29, 0.717) is 11.4 Å². The smallest absolute Gasteiger partial charge is 0.326 e. The Morgan fingerprint density at radius 2 is 1.42 bits per heavy atom. The molecule has 9 N–H and O–H groups in total. The van der Waals surface area contributed by atoms with Gasteiger partial charge in [-0.2, -0.15) is 0 Å². The van der Waals surface area contributed by atoms with Crippen LogP contribution in [0, 0.1) is 5.92 Å². The van der Waals surface area contributed by atoms with E-state index in [0.717, 1.165) is 16.5 Å². The summed E-state index contributed by atoms with van der Waals surface area (Å²) >= 11 is 0. The Balaban J connectivity index is 1.48. The normalized spacial score (nSPS) is 14.1. The first-order chi connectivity index (χ1) is 20.6. The number of carbonyl (C=O) groups is 4. The Kier molecular flexibility index (Phi) is 10.3. The summed E-state index contributed by atoms with van der Waals surface area (Å²) in [7, 11) is 0. The van der Waals surface area contributed by atoms with Crippen molar-refractivity contribution >= 4 is 34.6 Å². The van der Waals surface area contributed by atoms with Crippen LogP contribution in [0.4, 0.5) is 0 Å². The van der Waals surface area contributed by atoms with E-state index >= 15 is 0 Å². The Morgan fingerprint density at radius 3 is 2.05 bits per heavy atom. The Bertz CT molecular complexity index is 1510. The van der Waals surface area contributed by atoms with Gasteiger partial charge in [0.2, 0.25) is 17.7 Å². The second-order valence-electron chi connectivity index (χ2n) is 10.9. The number of aromatic nitrogens is 5. The molecular formula is C29H37N9O5. The number of fused-ring (bicyclic) bond motifs is 1. The van der Waals surface area contributed by atoms with E-state index in [1.807, 2.05) is 38.1 Å². The van der Waals surface area contributed by atoms with Crippen molar-refractivity contribution in [2.45, 2.75) is 63.7 Å². The first-order valence-corrected chi connectivity index (χ1v) is 14.0. The molecule has 0 fully saturated rings. The quantitative estimate of drug-likeness (QED) is 0.0972. The topological polar surface area (TPSA) is 224 Å². The molecule has 0 radical (unpaired) electrons.